The molecule has 0 aromatic rings. The Morgan fingerprint density at radius 2 is 1.49 bits per heavy atom. The topological polar surface area (TPSA) is 168 Å². The monoisotopic (exact) mass is 575 g/mol. The Morgan fingerprint density at radius 1 is 0.854 bits per heavy atom. The van der Waals surface area contributed by atoms with Gasteiger partial charge in [0.1, 0.15) is 12.1 Å². The number of primary amides is 1. The smallest absolute Gasteiger partial charge is 0.316 e. The summed E-state index contributed by atoms with van der Waals surface area (Å²) >= 11 is 0. The summed E-state index contributed by atoms with van der Waals surface area (Å²) < 4.78 is 0. The van der Waals surface area contributed by atoms with Crippen molar-refractivity contribution in [3.05, 3.63) is 0 Å². The van der Waals surface area contributed by atoms with Gasteiger partial charge in [-0.25, -0.2) is 4.79 Å². The second-order valence-corrected chi connectivity index (χ2v) is 13.5. The lowest BCUT2D eigenvalue weighted by Crippen LogP contribution is -2.61. The Labute approximate surface area is 243 Å². The van der Waals surface area contributed by atoms with E-state index in [-0.39, 0.29) is 23.5 Å². The first-order chi connectivity index (χ1) is 19.2. The number of ketones is 2. The van der Waals surface area contributed by atoms with Gasteiger partial charge in [0.05, 0.1) is 12.1 Å². The van der Waals surface area contributed by atoms with Crippen molar-refractivity contribution < 1.29 is 28.8 Å². The first-order valence-corrected chi connectivity index (χ1v) is 15.3. The highest BCUT2D eigenvalue weighted by Crippen LogP contribution is 2.34. The maximum atomic E-state index is 13.9. The van der Waals surface area contributed by atoms with Crippen LogP contribution in [0.3, 0.4) is 0 Å². The zero-order valence-corrected chi connectivity index (χ0v) is 25.3. The highest BCUT2D eigenvalue weighted by molar-refractivity contribution is 6.37. The number of nitrogens with one attached hydrogen (secondary N) is 3. The van der Waals surface area contributed by atoms with E-state index in [9.17, 15) is 28.8 Å². The predicted octanol–water partition coefficient (Wildman–Crippen LogP) is 2.20. The number of carbonyl (C=O) groups excluding carboxylic acids is 6. The van der Waals surface area contributed by atoms with E-state index < -0.39 is 59.1 Å². The number of amides is 5. The summed E-state index contributed by atoms with van der Waals surface area (Å²) in [5.74, 6) is -2.78. The molecule has 11 heteroatoms. The van der Waals surface area contributed by atoms with Crippen molar-refractivity contribution in [1.29, 1.82) is 0 Å². The highest BCUT2D eigenvalue weighted by Gasteiger charge is 2.44. The molecule has 1 aliphatic heterocycles. The van der Waals surface area contributed by atoms with Gasteiger partial charge in [-0.3, -0.25) is 24.0 Å². The summed E-state index contributed by atoms with van der Waals surface area (Å²) in [5.41, 5.74) is 4.52. The molecule has 11 nitrogen and oxygen atoms in total. The molecule has 0 aromatic heterocycles. The van der Waals surface area contributed by atoms with Crippen molar-refractivity contribution in [2.45, 2.75) is 123 Å². The normalized spacial score (nSPS) is 22.0. The molecule has 41 heavy (non-hydrogen) atoms. The molecular formula is C30H49N5O6. The maximum absolute atomic E-state index is 13.9. The number of rotatable bonds is 12. The second-order valence-electron chi connectivity index (χ2n) is 13.5. The molecule has 3 rings (SSSR count). The molecule has 1 saturated heterocycles. The molecular weight excluding hydrogens is 526 g/mol. The number of nitrogens with zero attached hydrogens (tertiary/aromatic N) is 1. The van der Waals surface area contributed by atoms with Crippen molar-refractivity contribution >= 4 is 35.3 Å². The van der Waals surface area contributed by atoms with Gasteiger partial charge in [0.25, 0.3) is 5.91 Å². The lowest BCUT2D eigenvalue weighted by atomic mass is 9.80. The zero-order valence-electron chi connectivity index (χ0n) is 25.3. The minimum atomic E-state index is -1.10. The van der Waals surface area contributed by atoms with Crippen molar-refractivity contribution in [1.82, 2.24) is 20.9 Å². The lowest BCUT2D eigenvalue weighted by molar-refractivity contribution is -0.143. The molecule has 0 bridgehead atoms. The first kappa shape index (κ1) is 32.5. The number of hydrogen-bond acceptors (Lipinski definition) is 6. The van der Waals surface area contributed by atoms with E-state index in [1.54, 1.807) is 0 Å². The molecule has 1 heterocycles. The third-order valence-electron chi connectivity index (χ3n) is 8.65. The number of hydrogen-bond donors (Lipinski definition) is 4. The average molecular weight is 576 g/mol. The van der Waals surface area contributed by atoms with Crippen LogP contribution in [0.15, 0.2) is 0 Å². The Kier molecular flexibility index (Phi) is 10.9. The maximum Gasteiger partial charge on any atom is 0.316 e. The molecule has 0 aromatic carbocycles. The van der Waals surface area contributed by atoms with E-state index in [1.807, 2.05) is 34.6 Å². The Hall–Kier alpha value is -2.98. The van der Waals surface area contributed by atoms with Gasteiger partial charge < -0.3 is 26.6 Å². The van der Waals surface area contributed by atoms with E-state index in [0.717, 1.165) is 44.9 Å². The van der Waals surface area contributed by atoms with Crippen molar-refractivity contribution in [2.24, 2.45) is 28.9 Å². The second kappa shape index (κ2) is 13.8. The standard InChI is InChI=1S/C30H49N5O6/c1-17(2)23(36)22(19-10-7-6-8-11-19)33-29(41)34-25(30(3,4)5)28(40)35-15-9-12-21(35)27(39)32-20(16-18-13-14-18)24(37)26(31)38/h17-22,25H,6-16H2,1-5H3,(H2,31,38)(H,32,39)(H2,33,34,41)/t20?,21-,22-,25+/m0/s1. The fourth-order valence-corrected chi connectivity index (χ4v) is 6.04. The van der Waals surface area contributed by atoms with Crippen LogP contribution in [-0.4, -0.2) is 70.9 Å². The third kappa shape index (κ3) is 8.75. The van der Waals surface area contributed by atoms with Crippen LogP contribution in [0.4, 0.5) is 4.79 Å². The van der Waals surface area contributed by atoms with E-state index in [1.165, 1.54) is 4.90 Å². The first-order valence-electron chi connectivity index (χ1n) is 15.3. The summed E-state index contributed by atoms with van der Waals surface area (Å²) in [4.78, 5) is 78.9. The summed E-state index contributed by atoms with van der Waals surface area (Å²) in [7, 11) is 0. The molecule has 1 unspecified atom stereocenters. The number of urea groups is 1. The summed E-state index contributed by atoms with van der Waals surface area (Å²) in [5, 5.41) is 8.40. The molecule has 3 aliphatic rings. The third-order valence-corrected chi connectivity index (χ3v) is 8.65. The van der Waals surface area contributed by atoms with Crippen LogP contribution in [-0.2, 0) is 24.0 Å². The van der Waals surface area contributed by atoms with Gasteiger partial charge in [0.2, 0.25) is 17.6 Å². The molecule has 0 spiro atoms. The average Bonchev–Trinajstić information content (AvgIpc) is 3.59. The van der Waals surface area contributed by atoms with Crippen LogP contribution in [0.1, 0.15) is 98.8 Å². The zero-order chi connectivity index (χ0) is 30.5. The van der Waals surface area contributed by atoms with Gasteiger partial charge >= 0.3 is 6.03 Å². The molecule has 2 saturated carbocycles. The fourth-order valence-electron chi connectivity index (χ4n) is 6.04. The van der Waals surface area contributed by atoms with Crippen molar-refractivity contribution in [2.75, 3.05) is 6.54 Å². The van der Waals surface area contributed by atoms with Gasteiger partial charge in [-0.1, -0.05) is 66.7 Å². The summed E-state index contributed by atoms with van der Waals surface area (Å²) in [6, 6.07) is -4.02. The number of likely N-dealkylation sites (tertiary alicyclic amines) is 1. The molecule has 5 N–H and O–H groups in total. The quantitative estimate of drug-likeness (QED) is 0.260. The van der Waals surface area contributed by atoms with Gasteiger partial charge in [-0.05, 0) is 49.4 Å². The molecule has 2 aliphatic carbocycles. The Morgan fingerprint density at radius 3 is 2.02 bits per heavy atom. The van der Waals surface area contributed by atoms with E-state index in [4.69, 9.17) is 5.73 Å². The predicted molar refractivity (Wildman–Crippen MR) is 153 cm³/mol. The Bertz CT molecular complexity index is 1010. The van der Waals surface area contributed by atoms with Gasteiger partial charge in [0.15, 0.2) is 5.78 Å². The fraction of sp³-hybridized carbons (Fsp3) is 0.800. The summed E-state index contributed by atoms with van der Waals surface area (Å²) in [6.07, 6.45) is 8.08. The van der Waals surface area contributed by atoms with Gasteiger partial charge in [-0.15, -0.1) is 0 Å². The number of nitrogens with two attached hydrogens (primary N) is 1. The van der Waals surface area contributed by atoms with Crippen LogP contribution in [0, 0.1) is 23.2 Å². The van der Waals surface area contributed by atoms with E-state index in [0.29, 0.717) is 25.8 Å². The lowest BCUT2D eigenvalue weighted by Gasteiger charge is -2.36. The molecule has 4 atom stereocenters. The van der Waals surface area contributed by atoms with Crippen LogP contribution >= 0.6 is 0 Å². The molecule has 230 valence electrons. The molecule has 3 fully saturated rings. The minimum Gasteiger partial charge on any atom is -0.363 e. The number of carbonyl (C=O) groups is 6. The minimum absolute atomic E-state index is 0.0202. The van der Waals surface area contributed by atoms with Gasteiger partial charge in [-0.2, -0.15) is 0 Å². The van der Waals surface area contributed by atoms with E-state index >= 15 is 0 Å². The molecule has 0 radical (unpaired) electrons. The SMILES string of the molecule is CC(C)C(=O)[C@@H](NC(=O)N[C@H](C(=O)N1CCC[C@H]1C(=O)NC(CC1CC1)C(=O)C(N)=O)C(C)(C)C)C1CCCCC1. The number of Topliss-reactive ketones (excluding diaryl/α,β-unsaturated/α-hetero) is 2. The van der Waals surface area contributed by atoms with Crippen molar-refractivity contribution in [3.63, 3.8) is 0 Å². The van der Waals surface area contributed by atoms with E-state index in [2.05, 4.69) is 16.0 Å². The largest absolute Gasteiger partial charge is 0.363 e. The Balaban J connectivity index is 1.72. The van der Waals surface area contributed by atoms with Gasteiger partial charge in [0, 0.05) is 12.5 Å². The highest BCUT2D eigenvalue weighted by atomic mass is 16.2. The van der Waals surface area contributed by atoms with Crippen molar-refractivity contribution in [3.8, 4) is 0 Å². The van der Waals surface area contributed by atoms with Crippen LogP contribution in [0.25, 0.3) is 0 Å². The summed E-state index contributed by atoms with van der Waals surface area (Å²) in [6.45, 7) is 9.45. The van der Waals surface area contributed by atoms with Crippen LogP contribution < -0.4 is 21.7 Å². The van der Waals surface area contributed by atoms with Crippen LogP contribution in [0.5, 0.6) is 0 Å². The van der Waals surface area contributed by atoms with Crippen LogP contribution in [0.2, 0.25) is 0 Å². The molecule has 5 amide bonds.